The molecule has 0 saturated carbocycles. The average Bonchev–Trinajstić information content (AvgIpc) is 2.46. The van der Waals surface area contributed by atoms with Gasteiger partial charge in [-0.05, 0) is 24.6 Å². The highest BCUT2D eigenvalue weighted by Crippen LogP contribution is 2.23. The number of methoxy groups -OCH3 is 2. The van der Waals surface area contributed by atoms with Crippen LogP contribution in [0.2, 0.25) is 0 Å². The van der Waals surface area contributed by atoms with Crippen LogP contribution in [0.3, 0.4) is 0 Å². The lowest BCUT2D eigenvalue weighted by Crippen LogP contribution is -2.08. The van der Waals surface area contributed by atoms with E-state index in [0.717, 1.165) is 16.9 Å². The zero-order valence-corrected chi connectivity index (χ0v) is 12.4. The molecule has 0 fully saturated rings. The van der Waals surface area contributed by atoms with E-state index in [1.807, 2.05) is 18.2 Å². The maximum atomic E-state index is 9.59. The second kappa shape index (κ2) is 9.72. The van der Waals surface area contributed by atoms with Crippen molar-refractivity contribution in [2.75, 3.05) is 40.6 Å². The van der Waals surface area contributed by atoms with Crippen LogP contribution in [0.1, 0.15) is 24.2 Å². The van der Waals surface area contributed by atoms with Crippen LogP contribution >= 0.6 is 0 Å². The zero-order chi connectivity index (χ0) is 14.8. The van der Waals surface area contributed by atoms with E-state index in [4.69, 9.17) is 18.9 Å². The van der Waals surface area contributed by atoms with Gasteiger partial charge in [-0.1, -0.05) is 6.07 Å². The van der Waals surface area contributed by atoms with Crippen molar-refractivity contribution in [3.05, 3.63) is 29.3 Å². The van der Waals surface area contributed by atoms with E-state index >= 15 is 0 Å². The van der Waals surface area contributed by atoms with Gasteiger partial charge < -0.3 is 24.1 Å². The number of hydrogen-bond acceptors (Lipinski definition) is 5. The third kappa shape index (κ3) is 5.88. The first-order valence-corrected chi connectivity index (χ1v) is 6.68. The van der Waals surface area contributed by atoms with Gasteiger partial charge >= 0.3 is 0 Å². The quantitative estimate of drug-likeness (QED) is 0.665. The van der Waals surface area contributed by atoms with Gasteiger partial charge in [0.2, 0.25) is 0 Å². The van der Waals surface area contributed by atoms with Gasteiger partial charge in [-0.15, -0.1) is 0 Å². The summed E-state index contributed by atoms with van der Waals surface area (Å²) in [6.07, 6.45) is -0.503. The Balaban J connectivity index is 2.39. The fraction of sp³-hybridized carbons (Fsp3) is 0.600. The molecule has 114 valence electrons. The predicted molar refractivity (Wildman–Crippen MR) is 76.0 cm³/mol. The Morgan fingerprint density at radius 3 is 2.40 bits per heavy atom. The number of aliphatic hydroxyl groups is 1. The molecule has 0 heterocycles. The Bertz CT molecular complexity index is 379. The van der Waals surface area contributed by atoms with Crippen LogP contribution in [0.25, 0.3) is 0 Å². The lowest BCUT2D eigenvalue weighted by molar-refractivity contribution is 0.0195. The minimum atomic E-state index is -0.503. The molecule has 20 heavy (non-hydrogen) atoms. The normalized spacial score (nSPS) is 12.4. The van der Waals surface area contributed by atoms with Crippen molar-refractivity contribution < 1.29 is 24.1 Å². The Kier molecular flexibility index (Phi) is 8.22. The number of aliphatic hydroxyl groups excluding tert-OH is 1. The van der Waals surface area contributed by atoms with Crippen molar-refractivity contribution in [1.82, 2.24) is 0 Å². The van der Waals surface area contributed by atoms with Gasteiger partial charge in [0, 0.05) is 12.7 Å². The van der Waals surface area contributed by atoms with E-state index in [9.17, 15) is 5.11 Å². The maximum absolute atomic E-state index is 9.59. The Morgan fingerprint density at radius 1 is 1.05 bits per heavy atom. The summed E-state index contributed by atoms with van der Waals surface area (Å²) in [5.74, 6) is 0.759. The summed E-state index contributed by atoms with van der Waals surface area (Å²) in [5.41, 5.74) is 1.77. The summed E-state index contributed by atoms with van der Waals surface area (Å²) >= 11 is 0. The van der Waals surface area contributed by atoms with Gasteiger partial charge in [-0.3, -0.25) is 0 Å². The van der Waals surface area contributed by atoms with E-state index < -0.39 is 6.10 Å². The number of rotatable bonds is 10. The Labute approximate surface area is 120 Å². The minimum Gasteiger partial charge on any atom is -0.496 e. The Morgan fingerprint density at radius 2 is 1.75 bits per heavy atom. The first-order chi connectivity index (χ1) is 9.69. The molecule has 0 amide bonds. The highest BCUT2D eigenvalue weighted by atomic mass is 16.5. The predicted octanol–water partition coefficient (Wildman–Crippen LogP) is 1.93. The highest BCUT2D eigenvalue weighted by Gasteiger charge is 2.07. The fourth-order valence-corrected chi connectivity index (χ4v) is 1.72. The van der Waals surface area contributed by atoms with Crippen molar-refractivity contribution in [2.24, 2.45) is 0 Å². The summed E-state index contributed by atoms with van der Waals surface area (Å²) in [6.45, 7) is 4.35. The van der Waals surface area contributed by atoms with Gasteiger partial charge in [0.25, 0.3) is 0 Å². The molecule has 0 bridgehead atoms. The largest absolute Gasteiger partial charge is 0.496 e. The summed E-state index contributed by atoms with van der Waals surface area (Å²) in [6, 6.07) is 5.59. The van der Waals surface area contributed by atoms with Crippen LogP contribution in [0.5, 0.6) is 5.75 Å². The van der Waals surface area contributed by atoms with Crippen molar-refractivity contribution in [1.29, 1.82) is 0 Å². The van der Waals surface area contributed by atoms with Gasteiger partial charge in [0.1, 0.15) is 5.75 Å². The second-order valence-corrected chi connectivity index (χ2v) is 4.41. The molecule has 0 aliphatic rings. The SMILES string of the molecule is COCCOCCOCc1cc(C(C)O)ccc1OC. The van der Waals surface area contributed by atoms with Crippen LogP contribution in [0.4, 0.5) is 0 Å². The van der Waals surface area contributed by atoms with Crippen LogP contribution in [0, 0.1) is 0 Å². The molecule has 0 saturated heterocycles. The Hall–Kier alpha value is -1.14. The topological polar surface area (TPSA) is 57.2 Å². The van der Waals surface area contributed by atoms with Crippen molar-refractivity contribution in [3.8, 4) is 5.75 Å². The van der Waals surface area contributed by atoms with Crippen molar-refractivity contribution >= 4 is 0 Å². The van der Waals surface area contributed by atoms with Crippen LogP contribution in [-0.2, 0) is 20.8 Å². The molecule has 0 aliphatic heterocycles. The molecule has 1 atom stereocenters. The number of ether oxygens (including phenoxy) is 4. The monoisotopic (exact) mass is 284 g/mol. The van der Waals surface area contributed by atoms with Crippen molar-refractivity contribution in [3.63, 3.8) is 0 Å². The molecule has 0 radical (unpaired) electrons. The molecule has 0 aromatic heterocycles. The lowest BCUT2D eigenvalue weighted by atomic mass is 10.1. The smallest absolute Gasteiger partial charge is 0.124 e. The van der Waals surface area contributed by atoms with E-state index in [2.05, 4.69) is 0 Å². The second-order valence-electron chi connectivity index (χ2n) is 4.41. The van der Waals surface area contributed by atoms with E-state index in [1.165, 1.54) is 0 Å². The summed E-state index contributed by atoms with van der Waals surface area (Å²) in [7, 11) is 3.26. The summed E-state index contributed by atoms with van der Waals surface area (Å²) in [4.78, 5) is 0. The first-order valence-electron chi connectivity index (χ1n) is 6.68. The molecular formula is C15H24O5. The molecule has 0 spiro atoms. The zero-order valence-electron chi connectivity index (χ0n) is 12.4. The lowest BCUT2D eigenvalue weighted by Gasteiger charge is -2.13. The molecule has 1 aromatic rings. The molecule has 1 N–H and O–H groups in total. The summed E-state index contributed by atoms with van der Waals surface area (Å²) < 4.78 is 21.0. The van der Waals surface area contributed by atoms with Crippen LogP contribution in [0.15, 0.2) is 18.2 Å². The molecular weight excluding hydrogens is 260 g/mol. The van der Waals surface area contributed by atoms with E-state index in [0.29, 0.717) is 33.0 Å². The van der Waals surface area contributed by atoms with Crippen molar-refractivity contribution in [2.45, 2.75) is 19.6 Å². The third-order valence-electron chi connectivity index (χ3n) is 2.85. The molecule has 1 unspecified atom stereocenters. The standard InChI is InChI=1S/C15H24O5/c1-12(16)13-4-5-15(18-3)14(10-13)11-20-9-8-19-7-6-17-2/h4-5,10,12,16H,6-9,11H2,1-3H3. The number of hydrogen-bond donors (Lipinski definition) is 1. The first kappa shape index (κ1) is 16.9. The summed E-state index contributed by atoms with van der Waals surface area (Å²) in [5, 5.41) is 9.59. The number of benzene rings is 1. The van der Waals surface area contributed by atoms with Gasteiger partial charge in [0.05, 0.1) is 46.2 Å². The van der Waals surface area contributed by atoms with E-state index in [1.54, 1.807) is 21.1 Å². The molecule has 0 aliphatic carbocycles. The van der Waals surface area contributed by atoms with Gasteiger partial charge in [-0.25, -0.2) is 0 Å². The molecule has 1 aromatic carbocycles. The van der Waals surface area contributed by atoms with Gasteiger partial charge in [0.15, 0.2) is 0 Å². The van der Waals surface area contributed by atoms with Crippen LogP contribution < -0.4 is 4.74 Å². The minimum absolute atomic E-state index is 0.428. The molecule has 1 rings (SSSR count). The molecule has 5 heteroatoms. The van der Waals surface area contributed by atoms with E-state index in [-0.39, 0.29) is 0 Å². The fourth-order valence-electron chi connectivity index (χ4n) is 1.72. The highest BCUT2D eigenvalue weighted by molar-refractivity contribution is 5.37. The van der Waals surface area contributed by atoms with Gasteiger partial charge in [-0.2, -0.15) is 0 Å². The molecule has 5 nitrogen and oxygen atoms in total. The third-order valence-corrected chi connectivity index (χ3v) is 2.85. The average molecular weight is 284 g/mol. The maximum Gasteiger partial charge on any atom is 0.124 e. The van der Waals surface area contributed by atoms with Crippen LogP contribution in [-0.4, -0.2) is 45.8 Å².